The SMILES string of the molecule is COc1cc(-n2c(C)c[nH]c2=S)ccc1Cl. The smallest absolute Gasteiger partial charge is 0.182 e. The molecular formula is C11H11ClN2OS. The molecule has 1 N–H and O–H groups in total. The largest absolute Gasteiger partial charge is 0.495 e. The minimum atomic E-state index is 0.589. The molecule has 0 atom stereocenters. The number of nitrogens with zero attached hydrogens (tertiary/aromatic N) is 1. The highest BCUT2D eigenvalue weighted by atomic mass is 35.5. The average Bonchev–Trinajstić information content (AvgIpc) is 2.60. The van der Waals surface area contributed by atoms with Gasteiger partial charge < -0.3 is 9.72 Å². The number of aromatic amines is 1. The summed E-state index contributed by atoms with van der Waals surface area (Å²) >= 11 is 11.2. The molecule has 5 heteroatoms. The van der Waals surface area contributed by atoms with Crippen molar-refractivity contribution in [2.24, 2.45) is 0 Å². The maximum absolute atomic E-state index is 5.97. The number of imidazole rings is 1. The summed E-state index contributed by atoms with van der Waals surface area (Å²) in [5.74, 6) is 0.640. The van der Waals surface area contributed by atoms with E-state index in [9.17, 15) is 0 Å². The Morgan fingerprint density at radius 3 is 2.75 bits per heavy atom. The Morgan fingerprint density at radius 2 is 2.19 bits per heavy atom. The van der Waals surface area contributed by atoms with Gasteiger partial charge in [-0.05, 0) is 31.3 Å². The van der Waals surface area contributed by atoms with Gasteiger partial charge in [0.2, 0.25) is 0 Å². The molecule has 0 aliphatic heterocycles. The fraction of sp³-hybridized carbons (Fsp3) is 0.182. The van der Waals surface area contributed by atoms with Crippen molar-refractivity contribution in [3.8, 4) is 11.4 Å². The highest BCUT2D eigenvalue weighted by Crippen LogP contribution is 2.27. The van der Waals surface area contributed by atoms with E-state index in [2.05, 4.69) is 4.98 Å². The first kappa shape index (κ1) is 11.2. The Morgan fingerprint density at radius 1 is 1.44 bits per heavy atom. The predicted molar refractivity (Wildman–Crippen MR) is 67.3 cm³/mol. The van der Waals surface area contributed by atoms with Crippen molar-refractivity contribution in [3.63, 3.8) is 0 Å². The van der Waals surface area contributed by atoms with Gasteiger partial charge in [-0.3, -0.25) is 4.57 Å². The number of aromatic nitrogens is 2. The first-order valence-corrected chi connectivity index (χ1v) is 5.53. The number of aryl methyl sites for hydroxylation is 1. The highest BCUT2D eigenvalue weighted by Gasteiger charge is 2.06. The molecule has 0 saturated heterocycles. The molecule has 0 radical (unpaired) electrons. The van der Waals surface area contributed by atoms with E-state index in [1.165, 1.54) is 0 Å². The lowest BCUT2D eigenvalue weighted by molar-refractivity contribution is 0.415. The van der Waals surface area contributed by atoms with Crippen LogP contribution >= 0.6 is 23.8 Å². The second-order valence-corrected chi connectivity index (χ2v) is 4.18. The average molecular weight is 255 g/mol. The standard InChI is InChI=1S/C11H11ClN2OS/c1-7-6-13-11(16)14(7)8-3-4-9(12)10(5-8)15-2/h3-6H,1-2H3,(H,13,16). The van der Waals surface area contributed by atoms with Gasteiger partial charge in [0.25, 0.3) is 0 Å². The first-order chi connectivity index (χ1) is 7.63. The Hall–Kier alpha value is -1.26. The minimum absolute atomic E-state index is 0.589. The van der Waals surface area contributed by atoms with Gasteiger partial charge >= 0.3 is 0 Å². The minimum Gasteiger partial charge on any atom is -0.495 e. The molecule has 3 nitrogen and oxygen atoms in total. The summed E-state index contributed by atoms with van der Waals surface area (Å²) in [7, 11) is 1.59. The van der Waals surface area contributed by atoms with Gasteiger partial charge in [0.1, 0.15) is 5.75 Å². The maximum atomic E-state index is 5.97. The van der Waals surface area contributed by atoms with Crippen molar-refractivity contribution in [2.45, 2.75) is 6.92 Å². The number of methoxy groups -OCH3 is 1. The Balaban J connectivity index is 2.61. The molecule has 16 heavy (non-hydrogen) atoms. The van der Waals surface area contributed by atoms with Crippen LogP contribution in [-0.4, -0.2) is 16.7 Å². The van der Waals surface area contributed by atoms with Crippen molar-refractivity contribution in [1.82, 2.24) is 9.55 Å². The lowest BCUT2D eigenvalue weighted by atomic mass is 10.3. The zero-order valence-electron chi connectivity index (χ0n) is 8.95. The quantitative estimate of drug-likeness (QED) is 0.832. The summed E-state index contributed by atoms with van der Waals surface area (Å²) in [5, 5.41) is 0.589. The number of ether oxygens (including phenoxy) is 1. The van der Waals surface area contributed by atoms with E-state index in [0.29, 0.717) is 15.5 Å². The highest BCUT2D eigenvalue weighted by molar-refractivity contribution is 7.71. The Labute approximate surface area is 104 Å². The third-order valence-corrected chi connectivity index (χ3v) is 2.97. The van der Waals surface area contributed by atoms with Crippen LogP contribution < -0.4 is 4.74 Å². The molecular weight excluding hydrogens is 244 g/mol. The molecule has 0 aliphatic rings. The van der Waals surface area contributed by atoms with Gasteiger partial charge in [-0.25, -0.2) is 0 Å². The van der Waals surface area contributed by atoms with Crippen LogP contribution in [0.1, 0.15) is 5.69 Å². The van der Waals surface area contributed by atoms with Crippen molar-refractivity contribution in [1.29, 1.82) is 0 Å². The van der Waals surface area contributed by atoms with Crippen LogP contribution in [0.25, 0.3) is 5.69 Å². The normalized spacial score (nSPS) is 10.4. The summed E-state index contributed by atoms with van der Waals surface area (Å²) in [6.45, 7) is 1.98. The maximum Gasteiger partial charge on any atom is 0.182 e. The molecule has 0 spiro atoms. The van der Waals surface area contributed by atoms with Gasteiger partial charge in [0.15, 0.2) is 4.77 Å². The number of nitrogens with one attached hydrogen (secondary N) is 1. The van der Waals surface area contributed by atoms with E-state index in [1.807, 2.05) is 29.8 Å². The lowest BCUT2D eigenvalue weighted by Gasteiger charge is -2.08. The monoisotopic (exact) mass is 254 g/mol. The van der Waals surface area contributed by atoms with Crippen LogP contribution in [0.15, 0.2) is 24.4 Å². The first-order valence-electron chi connectivity index (χ1n) is 4.74. The van der Waals surface area contributed by atoms with Crippen LogP contribution in [-0.2, 0) is 0 Å². The zero-order valence-corrected chi connectivity index (χ0v) is 10.5. The number of hydrogen-bond donors (Lipinski definition) is 1. The van der Waals surface area contributed by atoms with Gasteiger partial charge in [-0.1, -0.05) is 11.6 Å². The van der Waals surface area contributed by atoms with Crippen molar-refractivity contribution >= 4 is 23.8 Å². The number of benzene rings is 1. The second kappa shape index (κ2) is 4.31. The topological polar surface area (TPSA) is 29.9 Å². The number of halogens is 1. The van der Waals surface area contributed by atoms with Gasteiger partial charge in [-0.2, -0.15) is 0 Å². The molecule has 2 aromatic rings. The third kappa shape index (κ3) is 1.86. The molecule has 0 bridgehead atoms. The summed E-state index contributed by atoms with van der Waals surface area (Å²) in [4.78, 5) is 2.99. The molecule has 0 unspecified atom stereocenters. The lowest BCUT2D eigenvalue weighted by Crippen LogP contribution is -1.97. The van der Waals surface area contributed by atoms with E-state index in [0.717, 1.165) is 11.4 Å². The summed E-state index contributed by atoms with van der Waals surface area (Å²) in [6, 6.07) is 5.56. The molecule has 1 aromatic heterocycles. The van der Waals surface area contributed by atoms with Crippen molar-refractivity contribution < 1.29 is 4.74 Å². The molecule has 0 aliphatic carbocycles. The van der Waals surface area contributed by atoms with E-state index in [4.69, 9.17) is 28.6 Å². The number of hydrogen-bond acceptors (Lipinski definition) is 2. The van der Waals surface area contributed by atoms with Gasteiger partial charge in [0.05, 0.1) is 17.8 Å². The van der Waals surface area contributed by atoms with Crippen molar-refractivity contribution in [2.75, 3.05) is 7.11 Å². The number of rotatable bonds is 2. The Kier molecular flexibility index (Phi) is 3.03. The van der Waals surface area contributed by atoms with E-state index >= 15 is 0 Å². The van der Waals surface area contributed by atoms with Crippen LogP contribution in [0.5, 0.6) is 5.75 Å². The number of H-pyrrole nitrogens is 1. The van der Waals surface area contributed by atoms with Crippen LogP contribution in [0.2, 0.25) is 5.02 Å². The second-order valence-electron chi connectivity index (χ2n) is 3.39. The fourth-order valence-electron chi connectivity index (χ4n) is 1.56. The third-order valence-electron chi connectivity index (χ3n) is 2.35. The summed E-state index contributed by atoms with van der Waals surface area (Å²) < 4.78 is 7.75. The summed E-state index contributed by atoms with van der Waals surface area (Å²) in [5.41, 5.74) is 1.97. The molecule has 1 aromatic carbocycles. The molecule has 0 fully saturated rings. The van der Waals surface area contributed by atoms with Gasteiger partial charge in [-0.15, -0.1) is 0 Å². The van der Waals surface area contributed by atoms with E-state index in [1.54, 1.807) is 13.2 Å². The van der Waals surface area contributed by atoms with Crippen molar-refractivity contribution in [3.05, 3.63) is 39.9 Å². The zero-order chi connectivity index (χ0) is 11.7. The summed E-state index contributed by atoms with van der Waals surface area (Å²) in [6.07, 6.45) is 1.86. The fourth-order valence-corrected chi connectivity index (χ4v) is 2.07. The van der Waals surface area contributed by atoms with E-state index < -0.39 is 0 Å². The van der Waals surface area contributed by atoms with Gasteiger partial charge in [0, 0.05) is 18.0 Å². The molecule has 84 valence electrons. The molecule has 2 rings (SSSR count). The molecule has 0 saturated carbocycles. The molecule has 0 amide bonds. The van der Waals surface area contributed by atoms with Crippen LogP contribution in [0.4, 0.5) is 0 Å². The van der Waals surface area contributed by atoms with Crippen LogP contribution in [0, 0.1) is 11.7 Å². The van der Waals surface area contributed by atoms with Crippen LogP contribution in [0.3, 0.4) is 0 Å². The predicted octanol–water partition coefficient (Wildman–Crippen LogP) is 3.51. The Bertz CT molecular complexity index is 574. The molecule has 1 heterocycles. The van der Waals surface area contributed by atoms with E-state index in [-0.39, 0.29) is 0 Å².